The number of likely N-dealkylation sites (tertiary alicyclic amines) is 1. The largest absolute Gasteiger partial charge is 0.442 e. The third-order valence-corrected chi connectivity index (χ3v) is 7.88. The molecule has 0 spiro atoms. The van der Waals surface area contributed by atoms with Crippen LogP contribution in [0.25, 0.3) is 11.3 Å². The molecular weight excluding hydrogens is 450 g/mol. The molecule has 2 amide bonds. The Morgan fingerprint density at radius 1 is 1.21 bits per heavy atom. The van der Waals surface area contributed by atoms with Gasteiger partial charge in [0.15, 0.2) is 5.13 Å². The zero-order valence-electron chi connectivity index (χ0n) is 19.8. The number of rotatable bonds is 7. The molecule has 34 heavy (non-hydrogen) atoms. The zero-order valence-corrected chi connectivity index (χ0v) is 20.6. The Balaban J connectivity index is 1.27. The number of hydrogen-bond acceptors (Lipinski definition) is 7. The molecule has 2 N–H and O–H groups in total. The minimum Gasteiger partial charge on any atom is -0.442 e. The first-order valence-corrected chi connectivity index (χ1v) is 13.2. The fourth-order valence-corrected chi connectivity index (χ4v) is 6.08. The van der Waals surface area contributed by atoms with Gasteiger partial charge in [-0.15, -0.1) is 11.3 Å². The van der Waals surface area contributed by atoms with Crippen molar-refractivity contribution in [3.8, 4) is 11.3 Å². The van der Waals surface area contributed by atoms with Crippen molar-refractivity contribution >= 4 is 34.2 Å². The number of nitrogens with zero attached hydrogens (tertiary/aromatic N) is 3. The molecular formula is C25H33N5O3S. The van der Waals surface area contributed by atoms with Crippen molar-refractivity contribution in [2.75, 3.05) is 49.5 Å². The van der Waals surface area contributed by atoms with E-state index in [-0.39, 0.29) is 18.1 Å². The van der Waals surface area contributed by atoms with E-state index in [0.29, 0.717) is 13.1 Å². The summed E-state index contributed by atoms with van der Waals surface area (Å²) in [6.07, 6.45) is 6.34. The lowest BCUT2D eigenvalue weighted by Crippen LogP contribution is -2.33. The van der Waals surface area contributed by atoms with Crippen LogP contribution in [0.15, 0.2) is 18.2 Å². The molecule has 9 heteroatoms. The van der Waals surface area contributed by atoms with Gasteiger partial charge in [0.1, 0.15) is 6.10 Å². The maximum Gasteiger partial charge on any atom is 0.414 e. The average Bonchev–Trinajstić information content (AvgIpc) is 3.37. The van der Waals surface area contributed by atoms with Crippen LogP contribution >= 0.6 is 11.3 Å². The molecule has 0 unspecified atom stereocenters. The fraction of sp³-hybridized carbons (Fsp3) is 0.560. The van der Waals surface area contributed by atoms with Crippen LogP contribution in [0.1, 0.15) is 43.0 Å². The van der Waals surface area contributed by atoms with Gasteiger partial charge in [0, 0.05) is 36.1 Å². The fourth-order valence-electron chi connectivity index (χ4n) is 5.03. The van der Waals surface area contributed by atoms with E-state index >= 15 is 0 Å². The van der Waals surface area contributed by atoms with Gasteiger partial charge in [-0.25, -0.2) is 9.78 Å². The first-order chi connectivity index (χ1) is 16.6. The third-order valence-electron chi connectivity index (χ3n) is 6.81. The number of nitrogens with one attached hydrogen (secondary N) is 2. The molecule has 2 aliphatic heterocycles. The van der Waals surface area contributed by atoms with E-state index in [1.165, 1.54) is 55.3 Å². The van der Waals surface area contributed by atoms with E-state index in [2.05, 4.69) is 27.7 Å². The Kier molecular flexibility index (Phi) is 7.01. The van der Waals surface area contributed by atoms with Crippen LogP contribution in [-0.4, -0.2) is 67.3 Å². The summed E-state index contributed by atoms with van der Waals surface area (Å²) in [5, 5.41) is 7.28. The molecule has 1 atom stereocenters. The maximum absolute atomic E-state index is 12.5. The van der Waals surface area contributed by atoms with Crippen molar-refractivity contribution in [2.24, 2.45) is 0 Å². The average molecular weight is 484 g/mol. The summed E-state index contributed by atoms with van der Waals surface area (Å²) in [7, 11) is 0. The highest BCUT2D eigenvalue weighted by atomic mass is 32.1. The molecule has 2 fully saturated rings. The van der Waals surface area contributed by atoms with E-state index in [1.807, 2.05) is 6.07 Å². The summed E-state index contributed by atoms with van der Waals surface area (Å²) in [6.45, 7) is 6.65. The Labute approximate surface area is 204 Å². The summed E-state index contributed by atoms with van der Waals surface area (Å²) >= 11 is 1.78. The number of aryl methyl sites for hydroxylation is 2. The van der Waals surface area contributed by atoms with Crippen molar-refractivity contribution < 1.29 is 14.3 Å². The first-order valence-electron chi connectivity index (χ1n) is 12.4. The predicted octanol–water partition coefficient (Wildman–Crippen LogP) is 3.66. The van der Waals surface area contributed by atoms with Gasteiger partial charge in [-0.1, -0.05) is 12.5 Å². The summed E-state index contributed by atoms with van der Waals surface area (Å²) in [5.41, 5.74) is 4.31. The van der Waals surface area contributed by atoms with E-state index in [9.17, 15) is 9.59 Å². The number of carbonyl (C=O) groups excluding carboxylic acids is 2. The monoisotopic (exact) mass is 483 g/mol. The van der Waals surface area contributed by atoms with Gasteiger partial charge in [-0.05, 0) is 62.9 Å². The van der Waals surface area contributed by atoms with Gasteiger partial charge in [0.25, 0.3) is 0 Å². The second-order valence-electron chi connectivity index (χ2n) is 9.37. The summed E-state index contributed by atoms with van der Waals surface area (Å²) in [6, 6.07) is 6.19. The van der Waals surface area contributed by atoms with Crippen LogP contribution in [-0.2, 0) is 22.4 Å². The number of benzene rings is 1. The summed E-state index contributed by atoms with van der Waals surface area (Å²) in [5.74, 6) is -0.126. The molecule has 1 aliphatic carbocycles. The number of ether oxygens (including phenoxy) is 1. The van der Waals surface area contributed by atoms with Crippen LogP contribution in [0.5, 0.6) is 0 Å². The summed E-state index contributed by atoms with van der Waals surface area (Å²) in [4.78, 5) is 34.1. The number of aromatic nitrogens is 1. The molecule has 0 radical (unpaired) electrons. The second-order valence-corrected chi connectivity index (χ2v) is 10.5. The van der Waals surface area contributed by atoms with E-state index in [0.717, 1.165) is 48.9 Å². The van der Waals surface area contributed by atoms with Crippen molar-refractivity contribution in [1.82, 2.24) is 15.2 Å². The van der Waals surface area contributed by atoms with E-state index in [1.54, 1.807) is 16.2 Å². The molecule has 0 saturated carbocycles. The highest BCUT2D eigenvalue weighted by molar-refractivity contribution is 7.16. The Bertz CT molecular complexity index is 1050. The van der Waals surface area contributed by atoms with Crippen molar-refractivity contribution in [2.45, 2.75) is 51.6 Å². The number of hydrogen-bond donors (Lipinski definition) is 2. The quantitative estimate of drug-likeness (QED) is 0.625. The van der Waals surface area contributed by atoms with Crippen molar-refractivity contribution in [3.63, 3.8) is 0 Å². The molecule has 182 valence electrons. The number of cyclic esters (lactones) is 1. The molecule has 3 heterocycles. The molecule has 1 aromatic heterocycles. The maximum atomic E-state index is 12.5. The van der Waals surface area contributed by atoms with Gasteiger partial charge < -0.3 is 20.3 Å². The van der Waals surface area contributed by atoms with Gasteiger partial charge in [-0.3, -0.25) is 9.69 Å². The van der Waals surface area contributed by atoms with Gasteiger partial charge in [0.2, 0.25) is 5.91 Å². The lowest BCUT2D eigenvalue weighted by molar-refractivity contribution is -0.119. The number of anilines is 2. The molecule has 8 nitrogen and oxygen atoms in total. The molecule has 3 aliphatic rings. The second kappa shape index (κ2) is 10.3. The Hall–Kier alpha value is -2.65. The zero-order chi connectivity index (χ0) is 23.5. The Morgan fingerprint density at radius 3 is 2.88 bits per heavy atom. The van der Waals surface area contributed by atoms with Crippen LogP contribution in [0, 0.1) is 0 Å². The van der Waals surface area contributed by atoms with Crippen LogP contribution in [0.3, 0.4) is 0 Å². The topological polar surface area (TPSA) is 86.8 Å². The van der Waals surface area contributed by atoms with Crippen molar-refractivity contribution in [1.29, 1.82) is 0 Å². The Morgan fingerprint density at radius 2 is 2.06 bits per heavy atom. The predicted molar refractivity (Wildman–Crippen MR) is 135 cm³/mol. The smallest absolute Gasteiger partial charge is 0.414 e. The van der Waals surface area contributed by atoms with Crippen LogP contribution < -0.4 is 15.5 Å². The molecule has 2 saturated heterocycles. The van der Waals surface area contributed by atoms with Gasteiger partial charge in [-0.2, -0.15) is 0 Å². The minimum atomic E-state index is -0.363. The van der Waals surface area contributed by atoms with Gasteiger partial charge >= 0.3 is 6.09 Å². The van der Waals surface area contributed by atoms with Crippen LogP contribution in [0.4, 0.5) is 15.6 Å². The minimum absolute atomic E-state index is 0.126. The molecule has 0 bridgehead atoms. The number of carbonyl (C=O) groups is 2. The normalized spacial score (nSPS) is 20.3. The highest BCUT2D eigenvalue weighted by Crippen LogP contribution is 2.39. The van der Waals surface area contributed by atoms with Crippen molar-refractivity contribution in [3.05, 3.63) is 28.6 Å². The summed E-state index contributed by atoms with van der Waals surface area (Å²) < 4.78 is 5.44. The first kappa shape index (κ1) is 23.1. The van der Waals surface area contributed by atoms with Gasteiger partial charge in [0.05, 0.1) is 18.8 Å². The lowest BCUT2D eigenvalue weighted by Gasteiger charge is -2.26. The standard InChI is InChI=1S/C25H33N5O3S/c1-17(31)27-15-20-16-30(25(32)33-20)19-8-9-21-18(14-19)6-5-7-22-23(21)28-24(34-22)26-10-13-29-11-3-2-4-12-29/h8-9,14,20H,2-7,10-13,15-16H2,1H3,(H,26,28)(H,27,31)/t20-/m0/s1. The number of fused-ring (bicyclic) bond motifs is 3. The van der Waals surface area contributed by atoms with E-state index in [4.69, 9.17) is 9.72 Å². The molecule has 1 aromatic carbocycles. The van der Waals surface area contributed by atoms with E-state index < -0.39 is 0 Å². The number of piperidine rings is 1. The SMILES string of the molecule is CC(=O)NC[C@H]1CN(c2ccc3c(c2)CCCc2sc(NCCN4CCCCC4)nc2-3)C(=O)O1. The third kappa shape index (κ3) is 5.20. The van der Waals surface area contributed by atoms with Crippen LogP contribution in [0.2, 0.25) is 0 Å². The highest BCUT2D eigenvalue weighted by Gasteiger charge is 2.33. The molecule has 5 rings (SSSR count). The molecule has 2 aromatic rings. The number of thiazole rings is 1. The lowest BCUT2D eigenvalue weighted by atomic mass is 10.0. The number of amides is 2.